The Bertz CT molecular complexity index is 405. The van der Waals surface area contributed by atoms with E-state index in [1.165, 1.54) is 0 Å². The minimum Gasteiger partial charge on any atom is -0.263 e. The molecule has 0 aliphatic heterocycles. The Morgan fingerprint density at radius 1 is 1.00 bits per heavy atom. The molecule has 0 aliphatic rings. The Kier molecular flexibility index (Phi) is 2.59. The first-order valence-corrected chi connectivity index (χ1v) is 4.33. The molecular weight excluding hydrogens is 170 g/mol. The smallest absolute Gasteiger partial charge is 0.0438 e. The fourth-order valence-electron chi connectivity index (χ4n) is 1.06. The van der Waals surface area contributed by atoms with Crippen LogP contribution in [0.5, 0.6) is 0 Å². The van der Waals surface area contributed by atoms with Crippen molar-refractivity contribution in [3.63, 3.8) is 0 Å². The minimum atomic E-state index is 0.886. The predicted octanol–water partition coefficient (Wildman–Crippen LogP) is 2.28. The quantitative estimate of drug-likeness (QED) is 0.564. The van der Waals surface area contributed by atoms with Crippen molar-refractivity contribution in [2.75, 3.05) is 0 Å². The highest BCUT2D eigenvalue weighted by Crippen LogP contribution is 1.97. The van der Waals surface area contributed by atoms with Gasteiger partial charge in [0.2, 0.25) is 0 Å². The van der Waals surface area contributed by atoms with Crippen LogP contribution in [0.2, 0.25) is 0 Å². The molecule has 0 unspecified atom stereocenters. The van der Waals surface area contributed by atoms with Gasteiger partial charge in [-0.15, -0.1) is 0 Å². The molecule has 0 bridgehead atoms. The first-order chi connectivity index (χ1) is 6.95. The third-order valence-electron chi connectivity index (χ3n) is 1.73. The maximum absolute atomic E-state index is 3.94. The number of hydrogen-bond donors (Lipinski definition) is 0. The average Bonchev–Trinajstić information content (AvgIpc) is 2.29. The third-order valence-corrected chi connectivity index (χ3v) is 1.73. The molecule has 0 aliphatic carbocycles. The largest absolute Gasteiger partial charge is 0.263 e. The van der Waals surface area contributed by atoms with E-state index in [0.29, 0.717) is 0 Å². The molecule has 14 heavy (non-hydrogen) atoms. The average molecular weight is 178 g/mol. The maximum Gasteiger partial charge on any atom is 0.0438 e. The van der Waals surface area contributed by atoms with Crippen molar-refractivity contribution in [2.24, 2.45) is 0 Å². The Balaban J connectivity index is 2.24. The van der Waals surface area contributed by atoms with Gasteiger partial charge in [0, 0.05) is 29.6 Å². The van der Waals surface area contributed by atoms with Crippen molar-refractivity contribution < 1.29 is 0 Å². The van der Waals surface area contributed by atoms with Crippen molar-refractivity contribution >= 4 is 0 Å². The standard InChI is InChI=1S/C13H8N/c1-2-5-12(6-3-1)8-9-13-7-4-10-14-11-13/h1-3,5-7,10-11H. The van der Waals surface area contributed by atoms with Crippen molar-refractivity contribution in [2.45, 2.75) is 0 Å². The van der Waals surface area contributed by atoms with E-state index in [1.54, 1.807) is 12.4 Å². The third kappa shape index (κ3) is 2.21. The summed E-state index contributed by atoms with van der Waals surface area (Å²) in [5.74, 6) is 6.07. The van der Waals surface area contributed by atoms with Gasteiger partial charge in [0.05, 0.1) is 0 Å². The van der Waals surface area contributed by atoms with Gasteiger partial charge in [-0.2, -0.15) is 0 Å². The number of hydrogen-bond acceptors (Lipinski definition) is 1. The summed E-state index contributed by atoms with van der Waals surface area (Å²) in [5, 5.41) is 0. The second-order valence-electron chi connectivity index (χ2n) is 2.79. The van der Waals surface area contributed by atoms with E-state index >= 15 is 0 Å². The first kappa shape index (κ1) is 8.52. The number of aromatic nitrogens is 1. The molecule has 0 atom stereocenters. The van der Waals surface area contributed by atoms with Gasteiger partial charge in [-0.3, -0.25) is 4.98 Å². The van der Waals surface area contributed by atoms with Gasteiger partial charge in [-0.05, 0) is 18.2 Å². The fourth-order valence-corrected chi connectivity index (χ4v) is 1.06. The molecule has 1 heterocycles. The van der Waals surface area contributed by atoms with Gasteiger partial charge < -0.3 is 0 Å². The zero-order chi connectivity index (χ0) is 9.64. The van der Waals surface area contributed by atoms with Crippen molar-refractivity contribution in [3.8, 4) is 11.8 Å². The van der Waals surface area contributed by atoms with E-state index in [9.17, 15) is 0 Å². The Hall–Kier alpha value is -2.07. The molecule has 1 aromatic carbocycles. The summed E-state index contributed by atoms with van der Waals surface area (Å²) in [5.41, 5.74) is 1.90. The zero-order valence-corrected chi connectivity index (χ0v) is 7.57. The predicted molar refractivity (Wildman–Crippen MR) is 55.5 cm³/mol. The summed E-state index contributed by atoms with van der Waals surface area (Å²) in [6.07, 6.45) is 3.35. The normalized spacial score (nSPS) is 8.86. The highest BCUT2D eigenvalue weighted by Gasteiger charge is 1.84. The van der Waals surface area contributed by atoms with Gasteiger partial charge >= 0.3 is 0 Å². The highest BCUT2D eigenvalue weighted by atomic mass is 14.6. The molecule has 1 aromatic heterocycles. The number of pyridine rings is 1. The van der Waals surface area contributed by atoms with Gasteiger partial charge in [-0.1, -0.05) is 30.0 Å². The number of nitrogens with zero attached hydrogens (tertiary/aromatic N) is 1. The van der Waals surface area contributed by atoms with Crippen molar-refractivity contribution in [1.29, 1.82) is 0 Å². The van der Waals surface area contributed by atoms with E-state index in [0.717, 1.165) is 11.1 Å². The number of benzene rings is 1. The van der Waals surface area contributed by atoms with Gasteiger partial charge in [0.1, 0.15) is 0 Å². The van der Waals surface area contributed by atoms with Crippen LogP contribution in [-0.4, -0.2) is 4.98 Å². The zero-order valence-electron chi connectivity index (χ0n) is 7.57. The molecule has 1 radical (unpaired) electrons. The Morgan fingerprint density at radius 3 is 2.50 bits per heavy atom. The van der Waals surface area contributed by atoms with Crippen LogP contribution in [-0.2, 0) is 0 Å². The molecule has 65 valence electrons. The van der Waals surface area contributed by atoms with Crippen LogP contribution < -0.4 is 0 Å². The lowest BCUT2D eigenvalue weighted by Gasteiger charge is -1.87. The maximum atomic E-state index is 3.94. The molecule has 0 fully saturated rings. The van der Waals surface area contributed by atoms with Crippen LogP contribution in [0.3, 0.4) is 0 Å². The highest BCUT2D eigenvalue weighted by molar-refractivity contribution is 5.41. The summed E-state index contributed by atoms with van der Waals surface area (Å²) in [6.45, 7) is 0. The minimum absolute atomic E-state index is 0.886. The molecule has 2 rings (SSSR count). The summed E-state index contributed by atoms with van der Waals surface area (Å²) in [4.78, 5) is 3.94. The van der Waals surface area contributed by atoms with Crippen LogP contribution in [0.1, 0.15) is 11.1 Å². The summed E-state index contributed by atoms with van der Waals surface area (Å²) < 4.78 is 0. The Labute approximate surface area is 83.4 Å². The topological polar surface area (TPSA) is 12.9 Å². The van der Waals surface area contributed by atoms with E-state index in [1.807, 2.05) is 36.4 Å². The van der Waals surface area contributed by atoms with Crippen LogP contribution in [0.15, 0.2) is 48.8 Å². The van der Waals surface area contributed by atoms with Gasteiger partial charge in [0.25, 0.3) is 0 Å². The number of rotatable bonds is 0. The molecule has 0 spiro atoms. The van der Waals surface area contributed by atoms with Crippen molar-refractivity contribution in [3.05, 3.63) is 66.0 Å². The lowest BCUT2D eigenvalue weighted by atomic mass is 10.2. The summed E-state index contributed by atoms with van der Waals surface area (Å²) >= 11 is 0. The molecule has 1 nitrogen and oxygen atoms in total. The van der Waals surface area contributed by atoms with Crippen LogP contribution >= 0.6 is 0 Å². The first-order valence-electron chi connectivity index (χ1n) is 4.33. The summed E-state index contributed by atoms with van der Waals surface area (Å²) in [6, 6.07) is 14.6. The lowest BCUT2D eigenvalue weighted by molar-refractivity contribution is 1.31. The summed E-state index contributed by atoms with van der Waals surface area (Å²) in [7, 11) is 0. The second kappa shape index (κ2) is 4.25. The second-order valence-corrected chi connectivity index (χ2v) is 2.79. The molecule has 1 heteroatoms. The SMILES string of the molecule is C(#Cc1c[c]cnc1)c1ccccc1. The molecule has 2 aromatic rings. The molecule has 0 N–H and O–H groups in total. The van der Waals surface area contributed by atoms with E-state index in [4.69, 9.17) is 0 Å². The van der Waals surface area contributed by atoms with E-state index in [2.05, 4.69) is 22.9 Å². The molecular formula is C13H8N. The Morgan fingerprint density at radius 2 is 1.79 bits per heavy atom. The molecule has 0 amide bonds. The molecule has 0 saturated carbocycles. The van der Waals surface area contributed by atoms with Crippen molar-refractivity contribution in [1.82, 2.24) is 4.98 Å². The van der Waals surface area contributed by atoms with Gasteiger partial charge in [-0.25, -0.2) is 0 Å². The van der Waals surface area contributed by atoms with Gasteiger partial charge in [0.15, 0.2) is 0 Å². The monoisotopic (exact) mass is 178 g/mol. The van der Waals surface area contributed by atoms with Crippen LogP contribution in [0.4, 0.5) is 0 Å². The van der Waals surface area contributed by atoms with E-state index in [-0.39, 0.29) is 0 Å². The lowest BCUT2D eigenvalue weighted by Crippen LogP contribution is -1.76. The fraction of sp³-hybridized carbons (Fsp3) is 0. The van der Waals surface area contributed by atoms with Crippen LogP contribution in [0, 0.1) is 17.9 Å². The van der Waals surface area contributed by atoms with E-state index < -0.39 is 0 Å². The van der Waals surface area contributed by atoms with Crippen LogP contribution in [0.25, 0.3) is 0 Å². The molecule has 0 saturated heterocycles.